The second-order valence-corrected chi connectivity index (χ2v) is 7.95. The largest absolute Gasteiger partial charge is 0.355 e. The highest BCUT2D eigenvalue weighted by Crippen LogP contribution is 2.42. The Hall–Kier alpha value is 0.310. The van der Waals surface area contributed by atoms with Crippen LogP contribution in [0.15, 0.2) is 4.99 Å². The third-order valence-corrected chi connectivity index (χ3v) is 6.38. The van der Waals surface area contributed by atoms with E-state index in [2.05, 4.69) is 45.8 Å². The third kappa shape index (κ3) is 5.74. The first kappa shape index (κ1) is 20.4. The van der Waals surface area contributed by atoms with Crippen LogP contribution >= 0.6 is 35.7 Å². The number of halogens is 1. The fourth-order valence-electron chi connectivity index (χ4n) is 3.37. The number of thioether (sulfide) groups is 1. The molecule has 0 aromatic rings. The summed E-state index contributed by atoms with van der Waals surface area (Å²) < 4.78 is 0.508. The van der Waals surface area contributed by atoms with Gasteiger partial charge in [-0.2, -0.15) is 11.8 Å². The van der Waals surface area contributed by atoms with E-state index in [0.29, 0.717) is 4.75 Å². The number of nitrogens with one attached hydrogen (secondary N) is 1. The molecule has 1 N–H and O–H groups in total. The Morgan fingerprint density at radius 1 is 1.32 bits per heavy atom. The number of hydrogen-bond donors (Lipinski definition) is 1. The molecule has 1 heterocycles. The van der Waals surface area contributed by atoms with Gasteiger partial charge >= 0.3 is 0 Å². The molecule has 0 radical (unpaired) electrons. The number of nitrogens with zero attached hydrogens (tertiary/aromatic N) is 3. The Labute approximate surface area is 157 Å². The summed E-state index contributed by atoms with van der Waals surface area (Å²) in [6.45, 7) is 7.67. The zero-order valence-electron chi connectivity index (χ0n) is 14.4. The molecule has 2 aliphatic rings. The maximum absolute atomic E-state index is 4.52. The lowest BCUT2D eigenvalue weighted by atomic mass is 9.87. The van der Waals surface area contributed by atoms with Crippen molar-refractivity contribution in [2.24, 2.45) is 4.99 Å². The first-order chi connectivity index (χ1) is 10.2. The Kier molecular flexibility index (Phi) is 9.47. The van der Waals surface area contributed by atoms with Crippen molar-refractivity contribution in [1.29, 1.82) is 0 Å². The second-order valence-electron chi connectivity index (χ2n) is 6.38. The quantitative estimate of drug-likeness (QED) is 0.414. The fourth-order valence-corrected chi connectivity index (χ4v) is 4.94. The van der Waals surface area contributed by atoms with Crippen LogP contribution in [0.1, 0.15) is 39.0 Å². The molecule has 1 saturated heterocycles. The van der Waals surface area contributed by atoms with E-state index < -0.39 is 0 Å². The summed E-state index contributed by atoms with van der Waals surface area (Å²) in [5, 5.41) is 3.55. The Balaban J connectivity index is 0.00000242. The minimum absolute atomic E-state index is 0. The minimum Gasteiger partial charge on any atom is -0.355 e. The molecule has 0 amide bonds. The molecule has 6 heteroatoms. The molecule has 1 saturated carbocycles. The van der Waals surface area contributed by atoms with Gasteiger partial charge in [-0.1, -0.05) is 26.2 Å². The molecule has 0 unspecified atom stereocenters. The molecule has 0 atom stereocenters. The molecule has 4 nitrogen and oxygen atoms in total. The van der Waals surface area contributed by atoms with Gasteiger partial charge in [0, 0.05) is 43.7 Å². The van der Waals surface area contributed by atoms with E-state index in [1.54, 1.807) is 0 Å². The lowest BCUT2D eigenvalue weighted by Crippen LogP contribution is -2.54. The zero-order valence-corrected chi connectivity index (χ0v) is 17.6. The maximum Gasteiger partial charge on any atom is 0.193 e. The molecule has 1 spiro atoms. The summed E-state index contributed by atoms with van der Waals surface area (Å²) in [5.41, 5.74) is 0. The van der Waals surface area contributed by atoms with Crippen LogP contribution in [0.25, 0.3) is 0 Å². The van der Waals surface area contributed by atoms with E-state index in [9.17, 15) is 0 Å². The summed E-state index contributed by atoms with van der Waals surface area (Å²) >= 11 is 2.22. The van der Waals surface area contributed by atoms with Crippen LogP contribution < -0.4 is 5.32 Å². The molecular formula is C16H33IN4S. The van der Waals surface area contributed by atoms with Crippen molar-refractivity contribution >= 4 is 41.7 Å². The Morgan fingerprint density at radius 3 is 2.68 bits per heavy atom. The summed E-state index contributed by atoms with van der Waals surface area (Å²) in [5.74, 6) is 2.35. The standard InChI is InChI=1S/C16H32N4S.HI/c1-4-19(3)11-10-18-15(17-2)20-12-13-21-16(14-20)8-6-5-7-9-16;/h4-14H2,1-3H3,(H,17,18);1H. The number of guanidine groups is 1. The molecule has 1 aliphatic carbocycles. The normalized spacial score (nSPS) is 21.8. The average molecular weight is 440 g/mol. The van der Waals surface area contributed by atoms with Crippen LogP contribution in [0.3, 0.4) is 0 Å². The van der Waals surface area contributed by atoms with Crippen molar-refractivity contribution in [1.82, 2.24) is 15.1 Å². The summed E-state index contributed by atoms with van der Waals surface area (Å²) in [6, 6.07) is 0. The highest BCUT2D eigenvalue weighted by molar-refractivity contribution is 14.0. The van der Waals surface area contributed by atoms with Crippen molar-refractivity contribution in [3.63, 3.8) is 0 Å². The maximum atomic E-state index is 4.52. The van der Waals surface area contributed by atoms with Gasteiger partial charge in [-0.25, -0.2) is 0 Å². The van der Waals surface area contributed by atoms with Gasteiger partial charge in [0.2, 0.25) is 0 Å². The monoisotopic (exact) mass is 440 g/mol. The van der Waals surface area contributed by atoms with E-state index in [-0.39, 0.29) is 24.0 Å². The molecule has 1 aliphatic heterocycles. The highest BCUT2D eigenvalue weighted by Gasteiger charge is 2.38. The summed E-state index contributed by atoms with van der Waals surface area (Å²) in [4.78, 5) is 9.34. The molecule has 2 fully saturated rings. The van der Waals surface area contributed by atoms with Gasteiger partial charge in [-0.3, -0.25) is 4.99 Å². The van der Waals surface area contributed by atoms with Gasteiger partial charge in [0.25, 0.3) is 0 Å². The topological polar surface area (TPSA) is 30.9 Å². The van der Waals surface area contributed by atoms with Crippen LogP contribution in [0, 0.1) is 0 Å². The number of hydrogen-bond acceptors (Lipinski definition) is 3. The van der Waals surface area contributed by atoms with Crippen molar-refractivity contribution in [3.05, 3.63) is 0 Å². The van der Waals surface area contributed by atoms with Crippen LogP contribution in [0.5, 0.6) is 0 Å². The predicted molar refractivity (Wildman–Crippen MR) is 110 cm³/mol. The van der Waals surface area contributed by atoms with Crippen molar-refractivity contribution in [3.8, 4) is 0 Å². The molecule has 0 aromatic heterocycles. The van der Waals surface area contributed by atoms with Crippen LogP contribution in [0.2, 0.25) is 0 Å². The molecular weight excluding hydrogens is 407 g/mol. The van der Waals surface area contributed by atoms with E-state index >= 15 is 0 Å². The van der Waals surface area contributed by atoms with E-state index in [0.717, 1.165) is 32.1 Å². The lowest BCUT2D eigenvalue weighted by molar-refractivity contribution is 0.291. The number of likely N-dealkylation sites (N-methyl/N-ethyl adjacent to an activating group) is 1. The third-order valence-electron chi connectivity index (χ3n) is 4.84. The van der Waals surface area contributed by atoms with E-state index in [1.165, 1.54) is 44.4 Å². The van der Waals surface area contributed by atoms with Gasteiger partial charge in [0.15, 0.2) is 5.96 Å². The second kappa shape index (κ2) is 10.2. The smallest absolute Gasteiger partial charge is 0.193 e. The molecule has 130 valence electrons. The van der Waals surface area contributed by atoms with Crippen LogP contribution in [-0.4, -0.2) is 73.1 Å². The van der Waals surface area contributed by atoms with Crippen LogP contribution in [-0.2, 0) is 0 Å². The first-order valence-electron chi connectivity index (χ1n) is 8.47. The Morgan fingerprint density at radius 2 is 2.05 bits per heavy atom. The van der Waals surface area contributed by atoms with E-state index in [4.69, 9.17) is 0 Å². The fraction of sp³-hybridized carbons (Fsp3) is 0.938. The average Bonchev–Trinajstić information content (AvgIpc) is 2.52. The lowest BCUT2D eigenvalue weighted by Gasteiger charge is -2.45. The van der Waals surface area contributed by atoms with Gasteiger partial charge in [0.05, 0.1) is 0 Å². The number of rotatable bonds is 4. The molecule has 22 heavy (non-hydrogen) atoms. The van der Waals surface area contributed by atoms with Crippen molar-refractivity contribution in [2.75, 3.05) is 52.6 Å². The van der Waals surface area contributed by atoms with Gasteiger partial charge < -0.3 is 15.1 Å². The van der Waals surface area contributed by atoms with Crippen molar-refractivity contribution in [2.45, 2.75) is 43.8 Å². The first-order valence-corrected chi connectivity index (χ1v) is 9.46. The zero-order chi connectivity index (χ0) is 15.1. The van der Waals surface area contributed by atoms with Gasteiger partial charge in [-0.05, 0) is 26.4 Å². The van der Waals surface area contributed by atoms with Gasteiger partial charge in [-0.15, -0.1) is 24.0 Å². The highest BCUT2D eigenvalue weighted by atomic mass is 127. The SMILES string of the molecule is CCN(C)CCNC(=NC)N1CCSC2(CCCCC2)C1.I. The minimum atomic E-state index is 0. The van der Waals surface area contributed by atoms with Crippen molar-refractivity contribution < 1.29 is 0 Å². The van der Waals surface area contributed by atoms with Gasteiger partial charge in [0.1, 0.15) is 0 Å². The summed E-state index contributed by atoms with van der Waals surface area (Å²) in [7, 11) is 4.08. The molecule has 2 rings (SSSR count). The van der Waals surface area contributed by atoms with E-state index in [1.807, 2.05) is 7.05 Å². The molecule has 0 aromatic carbocycles. The number of aliphatic imine (C=N–C) groups is 1. The summed E-state index contributed by atoms with van der Waals surface area (Å²) in [6.07, 6.45) is 7.04. The Bertz CT molecular complexity index is 340. The van der Waals surface area contributed by atoms with Crippen LogP contribution in [0.4, 0.5) is 0 Å². The molecule has 0 bridgehead atoms. The predicted octanol–water partition coefficient (Wildman–Crippen LogP) is 2.88.